The van der Waals surface area contributed by atoms with Gasteiger partial charge in [0.2, 0.25) is 0 Å². The van der Waals surface area contributed by atoms with E-state index in [1.807, 2.05) is 0 Å². The Morgan fingerprint density at radius 3 is 2.37 bits per heavy atom. The molecule has 4 rings (SSSR count). The molecule has 4 nitrogen and oxygen atoms in total. The molecule has 30 heavy (non-hydrogen) atoms. The lowest BCUT2D eigenvalue weighted by atomic mass is 10.1. The maximum absolute atomic E-state index is 13.3. The third-order valence-electron chi connectivity index (χ3n) is 4.84. The summed E-state index contributed by atoms with van der Waals surface area (Å²) in [5.74, 6) is -2.32. The Hall–Kier alpha value is -3.13. The molecule has 2 aromatic carbocycles. The zero-order chi connectivity index (χ0) is 21.3. The second-order valence-corrected chi connectivity index (χ2v) is 8.14. The van der Waals surface area contributed by atoms with Crippen molar-refractivity contribution in [1.82, 2.24) is 10.2 Å². The Morgan fingerprint density at radius 2 is 1.67 bits per heavy atom. The van der Waals surface area contributed by atoms with Gasteiger partial charge in [0.15, 0.2) is 0 Å². The first-order valence-electron chi connectivity index (χ1n) is 9.28. The average Bonchev–Trinajstić information content (AvgIpc) is 3.15. The van der Waals surface area contributed by atoms with Crippen LogP contribution in [0.3, 0.4) is 0 Å². The first kappa shape index (κ1) is 20.2. The van der Waals surface area contributed by atoms with E-state index in [-0.39, 0.29) is 18.4 Å². The van der Waals surface area contributed by atoms with E-state index in [9.17, 15) is 22.8 Å². The number of benzene rings is 2. The number of fused-ring (bicyclic) bond motifs is 1. The Kier molecular flexibility index (Phi) is 5.59. The van der Waals surface area contributed by atoms with Gasteiger partial charge in [-0.15, -0.1) is 11.3 Å². The molecule has 0 unspecified atom stereocenters. The van der Waals surface area contributed by atoms with Crippen LogP contribution in [0.5, 0.6) is 0 Å². The lowest BCUT2D eigenvalue weighted by Gasteiger charge is -2.27. The van der Waals surface area contributed by atoms with E-state index in [1.165, 1.54) is 47.7 Å². The molecule has 1 aliphatic heterocycles. The Bertz CT molecular complexity index is 1090. The number of hydrogen-bond donors (Lipinski definition) is 1. The smallest absolute Gasteiger partial charge is 0.261 e. The number of halogens is 3. The number of rotatable bonds is 4. The van der Waals surface area contributed by atoms with E-state index in [2.05, 4.69) is 5.32 Å². The van der Waals surface area contributed by atoms with E-state index in [0.29, 0.717) is 35.5 Å². The number of carbonyl (C=O) groups excluding carboxylic acids is 2. The maximum atomic E-state index is 13.3. The van der Waals surface area contributed by atoms with Crippen molar-refractivity contribution < 1.29 is 22.8 Å². The molecule has 1 aliphatic rings. The zero-order valence-electron chi connectivity index (χ0n) is 15.8. The molecular weight excluding hydrogens is 413 g/mol. The Balaban J connectivity index is 1.42. The minimum Gasteiger partial charge on any atom is -0.347 e. The van der Waals surface area contributed by atoms with Crippen LogP contribution in [-0.4, -0.2) is 23.3 Å². The quantitative estimate of drug-likeness (QED) is 0.671. The number of carbonyl (C=O) groups is 2. The lowest BCUT2D eigenvalue weighted by molar-refractivity contribution is 0.0735. The predicted octanol–water partition coefficient (Wildman–Crippen LogP) is 4.29. The summed E-state index contributed by atoms with van der Waals surface area (Å²) < 4.78 is 39.6. The van der Waals surface area contributed by atoms with Crippen molar-refractivity contribution in [3.8, 4) is 0 Å². The van der Waals surface area contributed by atoms with Crippen LogP contribution in [0.15, 0.2) is 48.5 Å². The van der Waals surface area contributed by atoms with E-state index >= 15 is 0 Å². The maximum Gasteiger partial charge on any atom is 0.261 e. The van der Waals surface area contributed by atoms with Gasteiger partial charge in [-0.1, -0.05) is 0 Å². The molecular formula is C22H17F3N2O2S. The van der Waals surface area contributed by atoms with Crippen molar-refractivity contribution in [2.75, 3.05) is 6.54 Å². The fourth-order valence-electron chi connectivity index (χ4n) is 3.38. The van der Waals surface area contributed by atoms with Gasteiger partial charge in [0.25, 0.3) is 11.8 Å². The highest BCUT2D eigenvalue weighted by atomic mass is 32.1. The van der Waals surface area contributed by atoms with E-state index in [0.717, 1.165) is 16.5 Å². The molecule has 3 aromatic rings. The Labute approximate surface area is 174 Å². The fraction of sp³-hybridized carbons (Fsp3) is 0.182. The summed E-state index contributed by atoms with van der Waals surface area (Å²) in [6, 6.07) is 10.3. The predicted molar refractivity (Wildman–Crippen MR) is 107 cm³/mol. The summed E-state index contributed by atoms with van der Waals surface area (Å²) in [5, 5.41) is 2.67. The molecule has 0 bridgehead atoms. The summed E-state index contributed by atoms with van der Waals surface area (Å²) in [7, 11) is 0. The van der Waals surface area contributed by atoms with Crippen LogP contribution in [0, 0.1) is 17.5 Å². The summed E-state index contributed by atoms with van der Waals surface area (Å²) in [4.78, 5) is 28.3. The highest BCUT2D eigenvalue weighted by Crippen LogP contribution is 2.29. The van der Waals surface area contributed by atoms with E-state index < -0.39 is 17.5 Å². The third kappa shape index (κ3) is 4.38. The minimum atomic E-state index is -0.697. The molecule has 0 fully saturated rings. The molecule has 0 aliphatic carbocycles. The van der Waals surface area contributed by atoms with Crippen LogP contribution in [0.2, 0.25) is 0 Å². The van der Waals surface area contributed by atoms with Gasteiger partial charge in [-0.05, 0) is 60.0 Å². The van der Waals surface area contributed by atoms with Gasteiger partial charge < -0.3 is 10.2 Å². The number of thiophene rings is 1. The van der Waals surface area contributed by atoms with Crippen LogP contribution in [0.1, 0.15) is 36.0 Å². The zero-order valence-corrected chi connectivity index (χ0v) is 16.6. The molecule has 1 aromatic heterocycles. The highest BCUT2D eigenvalue weighted by Gasteiger charge is 2.25. The van der Waals surface area contributed by atoms with Gasteiger partial charge in [-0.25, -0.2) is 13.2 Å². The van der Waals surface area contributed by atoms with Crippen molar-refractivity contribution in [1.29, 1.82) is 0 Å². The molecule has 1 N–H and O–H groups in total. The van der Waals surface area contributed by atoms with Gasteiger partial charge in [0.1, 0.15) is 17.5 Å². The minimum absolute atomic E-state index is 0.00522. The number of hydrogen-bond acceptors (Lipinski definition) is 3. The lowest BCUT2D eigenvalue weighted by Crippen LogP contribution is -2.35. The van der Waals surface area contributed by atoms with Crippen molar-refractivity contribution in [3.05, 3.63) is 92.4 Å². The van der Waals surface area contributed by atoms with Gasteiger partial charge in [0.05, 0.1) is 4.88 Å². The highest BCUT2D eigenvalue weighted by molar-refractivity contribution is 7.14. The monoisotopic (exact) mass is 430 g/mol. The van der Waals surface area contributed by atoms with Crippen LogP contribution in [0.4, 0.5) is 13.2 Å². The van der Waals surface area contributed by atoms with Crippen molar-refractivity contribution in [2.45, 2.75) is 19.5 Å². The van der Waals surface area contributed by atoms with Crippen LogP contribution in [0.25, 0.3) is 0 Å². The SMILES string of the molecule is O=C(NCc1cc(F)cc(F)c1)c1cc2c(s1)CCN(C(=O)c1ccc(F)cc1)C2. The molecule has 0 spiro atoms. The first-order valence-corrected chi connectivity index (χ1v) is 10.1. The molecule has 0 radical (unpaired) electrons. The van der Waals surface area contributed by atoms with Gasteiger partial charge in [0, 0.05) is 36.1 Å². The van der Waals surface area contributed by atoms with Crippen molar-refractivity contribution in [2.24, 2.45) is 0 Å². The normalized spacial score (nSPS) is 13.1. The third-order valence-corrected chi connectivity index (χ3v) is 6.08. The second-order valence-electron chi connectivity index (χ2n) is 7.00. The largest absolute Gasteiger partial charge is 0.347 e. The van der Waals surface area contributed by atoms with Crippen molar-refractivity contribution in [3.63, 3.8) is 0 Å². The Morgan fingerprint density at radius 1 is 0.967 bits per heavy atom. The summed E-state index contributed by atoms with van der Waals surface area (Å²) in [5.41, 5.74) is 1.64. The van der Waals surface area contributed by atoms with E-state index in [1.54, 1.807) is 11.0 Å². The molecule has 154 valence electrons. The first-order chi connectivity index (χ1) is 14.4. The number of nitrogens with one attached hydrogen (secondary N) is 1. The van der Waals surface area contributed by atoms with Gasteiger partial charge in [-0.2, -0.15) is 0 Å². The molecule has 0 atom stereocenters. The van der Waals surface area contributed by atoms with E-state index in [4.69, 9.17) is 0 Å². The van der Waals surface area contributed by atoms with Crippen LogP contribution in [-0.2, 0) is 19.5 Å². The molecule has 0 saturated heterocycles. The summed E-state index contributed by atoms with van der Waals surface area (Å²) in [6.45, 7) is 0.878. The molecule has 0 saturated carbocycles. The summed E-state index contributed by atoms with van der Waals surface area (Å²) in [6.07, 6.45) is 0.620. The van der Waals surface area contributed by atoms with Gasteiger partial charge in [-0.3, -0.25) is 9.59 Å². The molecule has 2 amide bonds. The standard InChI is InChI=1S/C22H17F3N2O2S/c23-16-3-1-14(2-4-16)22(29)27-6-5-19-15(12-27)9-20(30-19)21(28)26-11-13-7-17(24)10-18(25)8-13/h1-4,7-10H,5-6,11-12H2,(H,26,28). The average molecular weight is 430 g/mol. The fourth-order valence-corrected chi connectivity index (χ4v) is 4.46. The second kappa shape index (κ2) is 8.31. The molecule has 2 heterocycles. The molecule has 8 heteroatoms. The topological polar surface area (TPSA) is 49.4 Å². The van der Waals surface area contributed by atoms with Crippen molar-refractivity contribution >= 4 is 23.2 Å². The number of nitrogens with zero attached hydrogens (tertiary/aromatic N) is 1. The van der Waals surface area contributed by atoms with Crippen LogP contribution >= 0.6 is 11.3 Å². The summed E-state index contributed by atoms with van der Waals surface area (Å²) >= 11 is 1.35. The number of amides is 2. The van der Waals surface area contributed by atoms with Crippen LogP contribution < -0.4 is 5.32 Å². The van der Waals surface area contributed by atoms with Gasteiger partial charge >= 0.3 is 0 Å².